The Morgan fingerprint density at radius 3 is 2.85 bits per heavy atom. The van der Waals surface area contributed by atoms with Crippen LogP contribution in [0.4, 0.5) is 8.78 Å². The van der Waals surface area contributed by atoms with Crippen LogP contribution in [0.1, 0.15) is 28.3 Å². The average molecular weight is 356 g/mol. The van der Waals surface area contributed by atoms with E-state index in [0.717, 1.165) is 5.39 Å². The largest absolute Gasteiger partial charge is 0.366 e. The van der Waals surface area contributed by atoms with Crippen LogP contribution in [0.5, 0.6) is 0 Å². The molecule has 0 radical (unpaired) electrons. The number of primary amides is 1. The van der Waals surface area contributed by atoms with Gasteiger partial charge in [-0.1, -0.05) is 18.2 Å². The van der Waals surface area contributed by atoms with Crippen LogP contribution < -0.4 is 11.1 Å². The molecule has 1 saturated heterocycles. The van der Waals surface area contributed by atoms with E-state index < -0.39 is 17.9 Å². The van der Waals surface area contributed by atoms with Crippen molar-refractivity contribution in [3.05, 3.63) is 59.5 Å². The van der Waals surface area contributed by atoms with Crippen molar-refractivity contribution in [2.75, 3.05) is 13.1 Å². The van der Waals surface area contributed by atoms with Crippen molar-refractivity contribution >= 4 is 16.8 Å². The molecule has 1 aromatic heterocycles. The van der Waals surface area contributed by atoms with Crippen LogP contribution in [0.2, 0.25) is 0 Å². The minimum atomic E-state index is -0.962. The quantitative estimate of drug-likeness (QED) is 0.758. The molecule has 1 amide bonds. The molecule has 5 nitrogen and oxygen atoms in total. The predicted molar refractivity (Wildman–Crippen MR) is 94.7 cm³/mol. The summed E-state index contributed by atoms with van der Waals surface area (Å²) in [6, 6.07) is 9.95. The van der Waals surface area contributed by atoms with Gasteiger partial charge in [-0.2, -0.15) is 5.10 Å². The van der Waals surface area contributed by atoms with Crippen LogP contribution in [-0.4, -0.2) is 34.9 Å². The monoisotopic (exact) mass is 356 g/mol. The minimum Gasteiger partial charge on any atom is -0.366 e. The number of piperidine rings is 1. The van der Waals surface area contributed by atoms with E-state index in [1.807, 2.05) is 6.07 Å². The molecular formula is C19H18F2N4O. The zero-order chi connectivity index (χ0) is 18.3. The van der Waals surface area contributed by atoms with Crippen LogP contribution in [-0.2, 0) is 0 Å². The maximum atomic E-state index is 14.6. The van der Waals surface area contributed by atoms with Gasteiger partial charge in [0.2, 0.25) is 0 Å². The van der Waals surface area contributed by atoms with Crippen molar-refractivity contribution in [2.24, 2.45) is 5.73 Å². The molecule has 0 saturated carbocycles. The highest BCUT2D eigenvalue weighted by Crippen LogP contribution is 2.28. The molecule has 0 unspecified atom stereocenters. The Hall–Kier alpha value is -2.80. The van der Waals surface area contributed by atoms with E-state index in [2.05, 4.69) is 10.4 Å². The zero-order valence-electron chi connectivity index (χ0n) is 14.0. The van der Waals surface area contributed by atoms with E-state index in [9.17, 15) is 13.6 Å². The second kappa shape index (κ2) is 6.49. The highest BCUT2D eigenvalue weighted by molar-refractivity contribution is 6.04. The first-order chi connectivity index (χ1) is 12.5. The highest BCUT2D eigenvalue weighted by atomic mass is 19.1. The van der Waals surface area contributed by atoms with Gasteiger partial charge < -0.3 is 11.1 Å². The maximum absolute atomic E-state index is 14.6. The van der Waals surface area contributed by atoms with E-state index in [-0.39, 0.29) is 5.92 Å². The van der Waals surface area contributed by atoms with Gasteiger partial charge in [0.1, 0.15) is 17.5 Å². The molecule has 7 heteroatoms. The second-order valence-electron chi connectivity index (χ2n) is 6.58. The van der Waals surface area contributed by atoms with E-state index in [1.54, 1.807) is 30.5 Å². The molecule has 1 aliphatic rings. The number of carbonyl (C=O) groups excluding carboxylic acids is 1. The topological polar surface area (TPSA) is 72.9 Å². The van der Waals surface area contributed by atoms with E-state index in [4.69, 9.17) is 5.73 Å². The number of amides is 1. The molecule has 0 spiro atoms. The van der Waals surface area contributed by atoms with Crippen molar-refractivity contribution in [1.29, 1.82) is 0 Å². The Bertz CT molecular complexity index is 985. The number of nitrogens with one attached hydrogen (secondary N) is 1. The van der Waals surface area contributed by atoms with Gasteiger partial charge in [-0.25, -0.2) is 13.5 Å². The lowest BCUT2D eigenvalue weighted by Gasteiger charge is -2.26. The van der Waals surface area contributed by atoms with Gasteiger partial charge in [0, 0.05) is 30.6 Å². The number of nitrogens with zero attached hydrogens (tertiary/aromatic N) is 2. The molecule has 0 aliphatic carbocycles. The molecule has 26 heavy (non-hydrogen) atoms. The zero-order valence-corrected chi connectivity index (χ0v) is 14.0. The number of carbonyl (C=O) groups is 1. The first-order valence-corrected chi connectivity index (χ1v) is 8.45. The predicted octanol–water partition coefficient (Wildman–Crippen LogP) is 2.68. The number of hydrogen-bond donors (Lipinski definition) is 2. The van der Waals surface area contributed by atoms with Gasteiger partial charge in [0.15, 0.2) is 0 Å². The van der Waals surface area contributed by atoms with Crippen molar-refractivity contribution in [3.63, 3.8) is 0 Å². The molecule has 1 aliphatic heterocycles. The summed E-state index contributed by atoms with van der Waals surface area (Å²) in [5, 5.41) is 8.10. The standard InChI is InChI=1S/C19H18F2N4O/c20-13-6-12(8-23-9-13)15-5-4-14(7-17(15)21)25-10-11-2-1-3-16(19(22)26)18(11)24-25/h1-5,7,10,12-13,23H,6,8-9H2,(H2,22,26)/t12-,13+/m1/s1. The van der Waals surface area contributed by atoms with Gasteiger partial charge in [-0.15, -0.1) is 0 Å². The number of alkyl halides is 1. The summed E-state index contributed by atoms with van der Waals surface area (Å²) in [5.74, 6) is -1.14. The van der Waals surface area contributed by atoms with Crippen molar-refractivity contribution in [2.45, 2.75) is 18.5 Å². The SMILES string of the molecule is NC(=O)c1cccc2cn(-c3ccc([C@H]4CNC[C@@H](F)C4)c(F)c3)nc12. The number of benzene rings is 2. The number of nitrogens with two attached hydrogens (primary N) is 1. The summed E-state index contributed by atoms with van der Waals surface area (Å²) < 4.78 is 29.7. The van der Waals surface area contributed by atoms with Gasteiger partial charge in [0.05, 0.1) is 11.3 Å². The van der Waals surface area contributed by atoms with E-state index in [1.165, 1.54) is 10.7 Å². The summed E-state index contributed by atoms with van der Waals surface area (Å²) >= 11 is 0. The second-order valence-corrected chi connectivity index (χ2v) is 6.58. The maximum Gasteiger partial charge on any atom is 0.250 e. The molecule has 2 aromatic carbocycles. The fourth-order valence-corrected chi connectivity index (χ4v) is 3.49. The van der Waals surface area contributed by atoms with Crippen LogP contribution in [0.3, 0.4) is 0 Å². The summed E-state index contributed by atoms with van der Waals surface area (Å²) in [6.45, 7) is 0.878. The molecule has 3 N–H and O–H groups in total. The number of aromatic nitrogens is 2. The summed E-state index contributed by atoms with van der Waals surface area (Å²) in [5.41, 5.74) is 7.20. The molecule has 4 rings (SSSR count). The molecule has 3 aromatic rings. The first-order valence-electron chi connectivity index (χ1n) is 8.45. The van der Waals surface area contributed by atoms with E-state index >= 15 is 0 Å². The van der Waals surface area contributed by atoms with Gasteiger partial charge in [-0.3, -0.25) is 4.79 Å². The third-order valence-electron chi connectivity index (χ3n) is 4.79. The number of fused-ring (bicyclic) bond motifs is 1. The highest BCUT2D eigenvalue weighted by Gasteiger charge is 2.25. The van der Waals surface area contributed by atoms with Crippen LogP contribution in [0.25, 0.3) is 16.6 Å². The lowest BCUT2D eigenvalue weighted by molar-refractivity contribution is 0.100. The Labute approximate surface area is 148 Å². The lowest BCUT2D eigenvalue weighted by Crippen LogP contribution is -2.36. The van der Waals surface area contributed by atoms with Crippen LogP contribution in [0.15, 0.2) is 42.6 Å². The Kier molecular flexibility index (Phi) is 4.16. The van der Waals surface area contributed by atoms with Gasteiger partial charge in [-0.05, 0) is 30.2 Å². The van der Waals surface area contributed by atoms with Crippen molar-refractivity contribution in [1.82, 2.24) is 15.1 Å². The fraction of sp³-hybridized carbons (Fsp3) is 0.263. The molecule has 1 fully saturated rings. The molecule has 134 valence electrons. The van der Waals surface area contributed by atoms with Crippen molar-refractivity contribution in [3.8, 4) is 5.69 Å². The Morgan fingerprint density at radius 2 is 2.12 bits per heavy atom. The molecule has 2 heterocycles. The Morgan fingerprint density at radius 1 is 1.27 bits per heavy atom. The number of halogens is 2. The number of rotatable bonds is 3. The van der Waals surface area contributed by atoms with Gasteiger partial charge >= 0.3 is 0 Å². The summed E-state index contributed by atoms with van der Waals surface area (Å²) in [4.78, 5) is 11.5. The lowest BCUT2D eigenvalue weighted by atomic mass is 9.90. The van der Waals surface area contributed by atoms with Crippen molar-refractivity contribution < 1.29 is 13.6 Å². The van der Waals surface area contributed by atoms with Gasteiger partial charge in [0.25, 0.3) is 5.91 Å². The summed E-state index contributed by atoms with van der Waals surface area (Å²) in [6.07, 6.45) is 1.07. The molecular weight excluding hydrogens is 338 g/mol. The third kappa shape index (κ3) is 2.94. The average Bonchev–Trinajstić information content (AvgIpc) is 3.05. The first kappa shape index (κ1) is 16.7. The van der Waals surface area contributed by atoms with Crippen LogP contribution >= 0.6 is 0 Å². The fourth-order valence-electron chi connectivity index (χ4n) is 3.49. The normalized spacial score (nSPS) is 20.4. The molecule has 0 bridgehead atoms. The molecule has 2 atom stereocenters. The van der Waals surface area contributed by atoms with Crippen LogP contribution in [0, 0.1) is 5.82 Å². The number of hydrogen-bond acceptors (Lipinski definition) is 3. The smallest absolute Gasteiger partial charge is 0.250 e. The Balaban J connectivity index is 1.70. The van der Waals surface area contributed by atoms with E-state index in [0.29, 0.717) is 41.8 Å². The third-order valence-corrected chi connectivity index (χ3v) is 4.79. The summed E-state index contributed by atoms with van der Waals surface area (Å²) in [7, 11) is 0. The minimum absolute atomic E-state index is 0.189.